The first-order valence-corrected chi connectivity index (χ1v) is 7.19. The van der Waals surface area contributed by atoms with E-state index in [1.807, 2.05) is 0 Å². The van der Waals surface area contributed by atoms with Crippen molar-refractivity contribution in [2.75, 3.05) is 19.6 Å². The number of carboxylic acids is 1. The van der Waals surface area contributed by atoms with E-state index in [-0.39, 0.29) is 36.3 Å². The maximum Gasteiger partial charge on any atom is 0.323 e. The first kappa shape index (κ1) is 17.8. The van der Waals surface area contributed by atoms with Gasteiger partial charge >= 0.3 is 12.0 Å². The largest absolute Gasteiger partial charge is 0.480 e. The van der Waals surface area contributed by atoms with E-state index in [1.54, 1.807) is 0 Å². The maximum atomic E-state index is 12.2. The Kier molecular flexibility index (Phi) is 5.27. The molecule has 1 aliphatic heterocycles. The van der Waals surface area contributed by atoms with Crippen LogP contribution in [-0.2, 0) is 4.79 Å². The molecular formula is C14H14N4O7. The maximum absolute atomic E-state index is 12.2. The van der Waals surface area contributed by atoms with E-state index in [9.17, 15) is 29.3 Å². The lowest BCUT2D eigenvalue weighted by Crippen LogP contribution is -2.40. The zero-order chi connectivity index (χ0) is 18.6. The van der Waals surface area contributed by atoms with Gasteiger partial charge in [0.1, 0.15) is 6.54 Å². The Morgan fingerprint density at radius 1 is 1.16 bits per heavy atom. The van der Waals surface area contributed by atoms with Gasteiger partial charge in [-0.25, -0.2) is 4.79 Å². The van der Waals surface area contributed by atoms with Crippen LogP contribution < -0.4 is 10.6 Å². The van der Waals surface area contributed by atoms with E-state index in [0.717, 1.165) is 17.0 Å². The van der Waals surface area contributed by atoms with Crippen LogP contribution in [0.2, 0.25) is 0 Å². The highest BCUT2D eigenvalue weighted by molar-refractivity contribution is 6.21. The van der Waals surface area contributed by atoms with Crippen LogP contribution in [0.25, 0.3) is 0 Å². The van der Waals surface area contributed by atoms with E-state index in [1.165, 1.54) is 6.07 Å². The van der Waals surface area contributed by atoms with E-state index in [2.05, 4.69) is 10.6 Å². The van der Waals surface area contributed by atoms with E-state index >= 15 is 0 Å². The summed E-state index contributed by atoms with van der Waals surface area (Å²) in [5.41, 5.74) is -0.201. The average molecular weight is 350 g/mol. The third kappa shape index (κ3) is 4.07. The number of nitro groups is 1. The first-order chi connectivity index (χ1) is 11.8. The minimum absolute atomic E-state index is 0.0132. The summed E-state index contributed by atoms with van der Waals surface area (Å²) in [6.07, 6.45) is 0.244. The van der Waals surface area contributed by atoms with Gasteiger partial charge in [-0.15, -0.1) is 0 Å². The lowest BCUT2D eigenvalue weighted by atomic mass is 10.1. The number of carboxylic acid groups (broad SMARTS) is 1. The van der Waals surface area contributed by atoms with Crippen molar-refractivity contribution in [2.45, 2.75) is 6.42 Å². The Balaban J connectivity index is 1.88. The van der Waals surface area contributed by atoms with Gasteiger partial charge in [-0.05, 0) is 12.5 Å². The van der Waals surface area contributed by atoms with Gasteiger partial charge in [-0.2, -0.15) is 0 Å². The van der Waals surface area contributed by atoms with Crippen molar-refractivity contribution in [1.29, 1.82) is 0 Å². The molecule has 0 atom stereocenters. The Morgan fingerprint density at radius 2 is 1.84 bits per heavy atom. The minimum atomic E-state index is -1.18. The summed E-state index contributed by atoms with van der Waals surface area (Å²) < 4.78 is 0. The second kappa shape index (κ2) is 7.38. The standard InChI is InChI=1S/C14H14N4O7/c19-11(20)7-16-14(23)15-4-1-5-17-12(21)9-3-2-8(18(24)25)6-10(9)13(17)22/h2-3,6H,1,4-5,7H2,(H,19,20)(H2,15,16,23). The lowest BCUT2D eigenvalue weighted by Gasteiger charge is -2.13. The van der Waals surface area contributed by atoms with Crippen LogP contribution in [0.15, 0.2) is 18.2 Å². The first-order valence-electron chi connectivity index (χ1n) is 7.19. The van der Waals surface area contributed by atoms with Crippen molar-refractivity contribution in [3.05, 3.63) is 39.4 Å². The smallest absolute Gasteiger partial charge is 0.323 e. The molecule has 0 bridgehead atoms. The van der Waals surface area contributed by atoms with Gasteiger partial charge in [0, 0.05) is 25.2 Å². The summed E-state index contributed by atoms with van der Waals surface area (Å²) in [4.78, 5) is 57.0. The highest BCUT2D eigenvalue weighted by Crippen LogP contribution is 2.26. The van der Waals surface area contributed by atoms with Gasteiger partial charge < -0.3 is 15.7 Å². The molecule has 1 heterocycles. The molecule has 0 saturated heterocycles. The fraction of sp³-hybridized carbons (Fsp3) is 0.286. The summed E-state index contributed by atoms with van der Waals surface area (Å²) in [5.74, 6) is -2.36. The van der Waals surface area contributed by atoms with Crippen LogP contribution in [0.3, 0.4) is 0 Å². The summed E-state index contributed by atoms with van der Waals surface area (Å²) in [6.45, 7) is -0.401. The van der Waals surface area contributed by atoms with Crippen LogP contribution in [0.4, 0.5) is 10.5 Å². The molecule has 0 aliphatic carbocycles. The van der Waals surface area contributed by atoms with Crippen LogP contribution in [-0.4, -0.2) is 58.4 Å². The number of nitrogens with zero attached hydrogens (tertiary/aromatic N) is 2. The number of fused-ring (bicyclic) bond motifs is 1. The molecule has 25 heavy (non-hydrogen) atoms. The SMILES string of the molecule is O=C(O)CNC(=O)NCCCN1C(=O)c2ccc([N+](=O)[O-])cc2C1=O. The molecule has 0 unspecified atom stereocenters. The number of benzene rings is 1. The van der Waals surface area contributed by atoms with Crippen LogP contribution in [0, 0.1) is 10.1 Å². The molecule has 3 N–H and O–H groups in total. The zero-order valence-corrected chi connectivity index (χ0v) is 12.9. The molecule has 1 aromatic carbocycles. The van der Waals surface area contributed by atoms with E-state index in [4.69, 9.17) is 5.11 Å². The molecule has 1 aliphatic rings. The highest BCUT2D eigenvalue weighted by atomic mass is 16.6. The number of carbonyl (C=O) groups excluding carboxylic acids is 3. The van der Waals surface area contributed by atoms with Crippen molar-refractivity contribution in [2.24, 2.45) is 0 Å². The molecule has 4 amide bonds. The number of rotatable bonds is 7. The summed E-state index contributed by atoms with van der Waals surface area (Å²) in [5, 5.41) is 23.6. The highest BCUT2D eigenvalue weighted by Gasteiger charge is 2.36. The molecule has 0 saturated carbocycles. The molecule has 0 fully saturated rings. The second-order valence-electron chi connectivity index (χ2n) is 5.11. The number of urea groups is 1. The predicted molar refractivity (Wildman–Crippen MR) is 82.1 cm³/mol. The van der Waals surface area contributed by atoms with Gasteiger partial charge in [0.2, 0.25) is 0 Å². The monoisotopic (exact) mass is 350 g/mol. The number of hydrogen-bond donors (Lipinski definition) is 3. The van der Waals surface area contributed by atoms with Crippen molar-refractivity contribution < 1.29 is 29.2 Å². The minimum Gasteiger partial charge on any atom is -0.480 e. The fourth-order valence-corrected chi connectivity index (χ4v) is 2.25. The molecule has 0 radical (unpaired) electrons. The molecule has 1 aromatic rings. The Labute approximate surface area is 140 Å². The van der Waals surface area contributed by atoms with Gasteiger partial charge in [0.05, 0.1) is 16.1 Å². The fourth-order valence-electron chi connectivity index (χ4n) is 2.25. The molecule has 11 heteroatoms. The molecular weight excluding hydrogens is 336 g/mol. The average Bonchev–Trinajstić information content (AvgIpc) is 2.80. The van der Waals surface area contributed by atoms with Crippen LogP contribution >= 0.6 is 0 Å². The van der Waals surface area contributed by atoms with Gasteiger partial charge in [-0.1, -0.05) is 0 Å². The topological polar surface area (TPSA) is 159 Å². The van der Waals surface area contributed by atoms with Crippen molar-refractivity contribution in [3.63, 3.8) is 0 Å². The number of hydrogen-bond acceptors (Lipinski definition) is 6. The van der Waals surface area contributed by atoms with E-state index in [0.29, 0.717) is 0 Å². The van der Waals surface area contributed by atoms with Gasteiger partial charge in [0.25, 0.3) is 17.5 Å². The Morgan fingerprint density at radius 3 is 2.48 bits per heavy atom. The van der Waals surface area contributed by atoms with Crippen LogP contribution in [0.5, 0.6) is 0 Å². The predicted octanol–water partition coefficient (Wildman–Crippen LogP) is -0.0353. The van der Waals surface area contributed by atoms with Crippen molar-refractivity contribution >= 4 is 29.5 Å². The van der Waals surface area contributed by atoms with Gasteiger partial charge in [0.15, 0.2) is 0 Å². The van der Waals surface area contributed by atoms with Crippen LogP contribution in [0.1, 0.15) is 27.1 Å². The number of carbonyl (C=O) groups is 4. The summed E-state index contributed by atoms with van der Waals surface area (Å²) >= 11 is 0. The quantitative estimate of drug-likeness (QED) is 0.269. The third-order valence-electron chi connectivity index (χ3n) is 3.41. The molecule has 0 spiro atoms. The normalized spacial score (nSPS) is 12.7. The van der Waals surface area contributed by atoms with Crippen molar-refractivity contribution in [1.82, 2.24) is 15.5 Å². The van der Waals surface area contributed by atoms with Crippen molar-refractivity contribution in [3.8, 4) is 0 Å². The summed E-state index contributed by atoms with van der Waals surface area (Å²) in [7, 11) is 0. The number of nitro benzene ring substituents is 1. The van der Waals surface area contributed by atoms with E-state index < -0.39 is 35.3 Å². The summed E-state index contributed by atoms with van der Waals surface area (Å²) in [6, 6.07) is 2.78. The number of non-ortho nitro benzene ring substituents is 1. The number of amides is 4. The number of aliphatic carboxylic acids is 1. The Bertz CT molecular complexity index is 762. The number of imide groups is 1. The second-order valence-corrected chi connectivity index (χ2v) is 5.11. The third-order valence-corrected chi connectivity index (χ3v) is 3.41. The zero-order valence-electron chi connectivity index (χ0n) is 12.9. The lowest BCUT2D eigenvalue weighted by molar-refractivity contribution is -0.384. The molecule has 0 aromatic heterocycles. The molecule has 11 nitrogen and oxygen atoms in total. The Hall–Kier alpha value is -3.50. The number of nitrogens with one attached hydrogen (secondary N) is 2. The molecule has 2 rings (SSSR count). The van der Waals surface area contributed by atoms with Gasteiger partial charge in [-0.3, -0.25) is 29.4 Å². The molecule has 132 valence electrons.